The third kappa shape index (κ3) is 1.35. The Morgan fingerprint density at radius 2 is 2.00 bits per heavy atom. The summed E-state index contributed by atoms with van der Waals surface area (Å²) in [5, 5.41) is 0. The van der Waals surface area contributed by atoms with Crippen molar-refractivity contribution in [2.24, 2.45) is 11.3 Å². The molecule has 0 spiro atoms. The molecule has 12 heavy (non-hydrogen) atoms. The number of rotatable bonds is 0. The van der Waals surface area contributed by atoms with Crippen molar-refractivity contribution in [3.8, 4) is 0 Å². The van der Waals surface area contributed by atoms with Gasteiger partial charge in [-0.15, -0.1) is 0 Å². The first kappa shape index (κ1) is 9.56. The summed E-state index contributed by atoms with van der Waals surface area (Å²) in [6.07, 6.45) is 0.843. The summed E-state index contributed by atoms with van der Waals surface area (Å²) in [6.45, 7) is 10.3. The summed E-state index contributed by atoms with van der Waals surface area (Å²) in [5.41, 5.74) is -0.239. The van der Waals surface area contributed by atoms with Crippen molar-refractivity contribution >= 4 is 5.97 Å². The van der Waals surface area contributed by atoms with E-state index in [-0.39, 0.29) is 22.9 Å². The quantitative estimate of drug-likeness (QED) is 0.522. The molecule has 2 atom stereocenters. The minimum absolute atomic E-state index is 0.0351. The third-order valence-corrected chi connectivity index (χ3v) is 3.01. The molecule has 0 amide bonds. The minimum atomic E-state index is -0.274. The number of esters is 1. The van der Waals surface area contributed by atoms with Crippen molar-refractivity contribution in [1.29, 1.82) is 0 Å². The Morgan fingerprint density at radius 1 is 1.50 bits per heavy atom. The van der Waals surface area contributed by atoms with Crippen LogP contribution in [0.1, 0.15) is 41.0 Å². The van der Waals surface area contributed by atoms with E-state index in [0.29, 0.717) is 0 Å². The molecule has 0 radical (unpaired) electrons. The molecule has 2 unspecified atom stereocenters. The SMILES string of the molecule is CC1CC(C)(C(C)(C)C)OC1=O. The zero-order chi connectivity index (χ0) is 9.57. The number of hydrogen-bond donors (Lipinski definition) is 0. The molecule has 1 aliphatic heterocycles. The van der Waals surface area contributed by atoms with Crippen LogP contribution in [-0.4, -0.2) is 11.6 Å². The number of carbonyl (C=O) groups is 1. The van der Waals surface area contributed by atoms with E-state index in [2.05, 4.69) is 20.8 Å². The summed E-state index contributed by atoms with van der Waals surface area (Å²) in [5.74, 6) is 0.0154. The highest BCUT2D eigenvalue weighted by molar-refractivity contribution is 5.75. The highest BCUT2D eigenvalue weighted by Crippen LogP contribution is 2.43. The molecule has 0 aromatic carbocycles. The van der Waals surface area contributed by atoms with Gasteiger partial charge in [0.05, 0.1) is 5.92 Å². The van der Waals surface area contributed by atoms with Crippen molar-refractivity contribution in [2.75, 3.05) is 0 Å². The van der Waals surface area contributed by atoms with Gasteiger partial charge in [0.2, 0.25) is 0 Å². The fraction of sp³-hybridized carbons (Fsp3) is 0.900. The van der Waals surface area contributed by atoms with Crippen molar-refractivity contribution < 1.29 is 9.53 Å². The first-order valence-electron chi connectivity index (χ1n) is 4.49. The lowest BCUT2D eigenvalue weighted by molar-refractivity contribution is -0.156. The number of carbonyl (C=O) groups excluding carboxylic acids is 1. The molecule has 1 saturated heterocycles. The number of ether oxygens (including phenoxy) is 1. The summed E-state index contributed by atoms with van der Waals surface area (Å²) >= 11 is 0. The maximum Gasteiger partial charge on any atom is 0.309 e. The lowest BCUT2D eigenvalue weighted by atomic mass is 9.75. The second kappa shape index (κ2) is 2.48. The van der Waals surface area contributed by atoms with E-state index < -0.39 is 0 Å². The van der Waals surface area contributed by atoms with Crippen LogP contribution in [0.4, 0.5) is 0 Å². The van der Waals surface area contributed by atoms with Crippen molar-refractivity contribution in [3.63, 3.8) is 0 Å². The van der Waals surface area contributed by atoms with Gasteiger partial charge in [0, 0.05) is 11.8 Å². The van der Waals surface area contributed by atoms with Gasteiger partial charge < -0.3 is 4.74 Å². The van der Waals surface area contributed by atoms with Gasteiger partial charge in [-0.3, -0.25) is 4.79 Å². The van der Waals surface area contributed by atoms with Gasteiger partial charge in [0.15, 0.2) is 0 Å². The Morgan fingerprint density at radius 3 is 2.17 bits per heavy atom. The maximum absolute atomic E-state index is 11.2. The van der Waals surface area contributed by atoms with E-state index in [1.165, 1.54) is 0 Å². The molecule has 1 heterocycles. The van der Waals surface area contributed by atoms with Crippen molar-refractivity contribution in [3.05, 3.63) is 0 Å². The predicted octanol–water partition coefficient (Wildman–Crippen LogP) is 2.37. The normalized spacial score (nSPS) is 36.8. The zero-order valence-electron chi connectivity index (χ0n) is 8.60. The lowest BCUT2D eigenvalue weighted by Crippen LogP contribution is -2.39. The van der Waals surface area contributed by atoms with Gasteiger partial charge in [-0.05, 0) is 6.92 Å². The van der Waals surface area contributed by atoms with Crippen molar-refractivity contribution in [1.82, 2.24) is 0 Å². The summed E-state index contributed by atoms with van der Waals surface area (Å²) in [6, 6.07) is 0. The van der Waals surface area contributed by atoms with Crippen LogP contribution in [0.25, 0.3) is 0 Å². The summed E-state index contributed by atoms with van der Waals surface area (Å²) < 4.78 is 5.39. The van der Waals surface area contributed by atoms with Gasteiger partial charge in [-0.2, -0.15) is 0 Å². The molecule has 0 bridgehead atoms. The Hall–Kier alpha value is -0.530. The molecule has 0 aliphatic carbocycles. The lowest BCUT2D eigenvalue weighted by Gasteiger charge is -2.36. The molecule has 0 saturated carbocycles. The van der Waals surface area contributed by atoms with E-state index in [0.717, 1.165) is 6.42 Å². The van der Waals surface area contributed by atoms with Crippen LogP contribution >= 0.6 is 0 Å². The molecule has 1 rings (SSSR count). The summed E-state index contributed by atoms with van der Waals surface area (Å²) in [7, 11) is 0. The smallest absolute Gasteiger partial charge is 0.309 e. The average Bonchev–Trinajstić information content (AvgIpc) is 2.06. The average molecular weight is 170 g/mol. The number of hydrogen-bond acceptors (Lipinski definition) is 2. The topological polar surface area (TPSA) is 26.3 Å². The van der Waals surface area contributed by atoms with Gasteiger partial charge >= 0.3 is 5.97 Å². The third-order valence-electron chi connectivity index (χ3n) is 3.01. The molecule has 0 N–H and O–H groups in total. The van der Waals surface area contributed by atoms with Crippen LogP contribution in [0.5, 0.6) is 0 Å². The van der Waals surface area contributed by atoms with Gasteiger partial charge in [-0.1, -0.05) is 27.7 Å². The fourth-order valence-corrected chi connectivity index (χ4v) is 1.49. The molecular formula is C10H18O2. The van der Waals surface area contributed by atoms with E-state index in [1.807, 2.05) is 13.8 Å². The maximum atomic E-state index is 11.2. The molecule has 0 aromatic heterocycles. The first-order valence-corrected chi connectivity index (χ1v) is 4.49. The molecule has 2 nitrogen and oxygen atoms in total. The largest absolute Gasteiger partial charge is 0.459 e. The molecule has 1 aliphatic rings. The first-order chi connectivity index (χ1) is 5.26. The summed E-state index contributed by atoms with van der Waals surface area (Å²) in [4.78, 5) is 11.2. The van der Waals surface area contributed by atoms with Gasteiger partial charge in [0.25, 0.3) is 0 Å². The molecule has 70 valence electrons. The molecule has 1 fully saturated rings. The van der Waals surface area contributed by atoms with E-state index in [4.69, 9.17) is 4.74 Å². The Bertz CT molecular complexity index is 202. The Labute approximate surface area is 74.3 Å². The van der Waals surface area contributed by atoms with Crippen LogP contribution < -0.4 is 0 Å². The molecular weight excluding hydrogens is 152 g/mol. The van der Waals surface area contributed by atoms with E-state index >= 15 is 0 Å². The zero-order valence-corrected chi connectivity index (χ0v) is 8.60. The Balaban J connectivity index is 2.84. The van der Waals surface area contributed by atoms with Gasteiger partial charge in [-0.25, -0.2) is 0 Å². The van der Waals surface area contributed by atoms with Gasteiger partial charge in [0.1, 0.15) is 5.60 Å². The van der Waals surface area contributed by atoms with E-state index in [1.54, 1.807) is 0 Å². The predicted molar refractivity (Wildman–Crippen MR) is 47.7 cm³/mol. The van der Waals surface area contributed by atoms with Crippen LogP contribution in [0, 0.1) is 11.3 Å². The van der Waals surface area contributed by atoms with Crippen molar-refractivity contribution in [2.45, 2.75) is 46.6 Å². The second-order valence-electron chi connectivity index (χ2n) is 5.01. The number of cyclic esters (lactones) is 1. The van der Waals surface area contributed by atoms with Crippen LogP contribution in [0.2, 0.25) is 0 Å². The minimum Gasteiger partial charge on any atom is -0.459 e. The van der Waals surface area contributed by atoms with E-state index in [9.17, 15) is 4.79 Å². The van der Waals surface area contributed by atoms with Crippen LogP contribution in [0.15, 0.2) is 0 Å². The van der Waals surface area contributed by atoms with Crippen LogP contribution in [0.3, 0.4) is 0 Å². The highest BCUT2D eigenvalue weighted by Gasteiger charge is 2.48. The monoisotopic (exact) mass is 170 g/mol. The fourth-order valence-electron chi connectivity index (χ4n) is 1.49. The Kier molecular flexibility index (Phi) is 1.97. The standard InChI is InChI=1S/C10H18O2/c1-7-6-10(5,9(2,3)4)12-8(7)11/h7H,6H2,1-5H3. The van der Waals surface area contributed by atoms with Crippen LogP contribution in [-0.2, 0) is 9.53 Å². The molecule has 2 heteroatoms. The highest BCUT2D eigenvalue weighted by atomic mass is 16.6. The molecule has 0 aromatic rings. The second-order valence-corrected chi connectivity index (χ2v) is 5.01.